The zero-order valence-electron chi connectivity index (χ0n) is 12.4. The van der Waals surface area contributed by atoms with Crippen LogP contribution in [0.15, 0.2) is 24.4 Å². The quantitative estimate of drug-likeness (QED) is 0.801. The van der Waals surface area contributed by atoms with E-state index in [-0.39, 0.29) is 5.54 Å². The highest BCUT2D eigenvalue weighted by molar-refractivity contribution is 5.84. The topological polar surface area (TPSA) is 8.17 Å². The fraction of sp³-hybridized carbons (Fsp3) is 0.500. The van der Waals surface area contributed by atoms with Gasteiger partial charge in [0, 0.05) is 23.7 Å². The molecule has 0 atom stereocenters. The van der Waals surface area contributed by atoms with Gasteiger partial charge in [-0.1, -0.05) is 11.6 Å². The molecule has 2 nitrogen and oxygen atoms in total. The SMILES string of the molecule is Cc1cc(C)c2c(ccn2CC(C)(C)N(C)C)c1. The highest BCUT2D eigenvalue weighted by atomic mass is 15.2. The number of aryl methyl sites for hydroxylation is 2. The lowest BCUT2D eigenvalue weighted by Gasteiger charge is -2.33. The van der Waals surface area contributed by atoms with Crippen molar-refractivity contribution in [1.29, 1.82) is 0 Å². The Balaban J connectivity index is 2.47. The number of aromatic nitrogens is 1. The van der Waals surface area contributed by atoms with Crippen LogP contribution < -0.4 is 0 Å². The van der Waals surface area contributed by atoms with Crippen LogP contribution in [0.5, 0.6) is 0 Å². The first kappa shape index (κ1) is 13.2. The molecule has 0 radical (unpaired) electrons. The molecule has 2 aromatic rings. The summed E-state index contributed by atoms with van der Waals surface area (Å²) in [6.07, 6.45) is 2.21. The summed E-state index contributed by atoms with van der Waals surface area (Å²) >= 11 is 0. The molecular formula is C16H24N2. The standard InChI is InChI=1S/C16H24N2/c1-12-9-13(2)15-14(10-12)7-8-18(15)11-16(3,4)17(5)6/h7-10H,11H2,1-6H3. The van der Waals surface area contributed by atoms with E-state index in [1.54, 1.807) is 0 Å². The maximum absolute atomic E-state index is 2.38. The predicted molar refractivity (Wildman–Crippen MR) is 79.2 cm³/mol. The second kappa shape index (κ2) is 4.43. The van der Waals surface area contributed by atoms with Crippen molar-refractivity contribution in [3.8, 4) is 0 Å². The first-order valence-electron chi connectivity index (χ1n) is 6.55. The molecule has 0 aliphatic heterocycles. The van der Waals surface area contributed by atoms with Crippen LogP contribution in [0, 0.1) is 13.8 Å². The summed E-state index contributed by atoms with van der Waals surface area (Å²) in [7, 11) is 4.28. The van der Waals surface area contributed by atoms with Gasteiger partial charge in [0.1, 0.15) is 0 Å². The number of rotatable bonds is 3. The van der Waals surface area contributed by atoms with Gasteiger partial charge in [-0.15, -0.1) is 0 Å². The van der Waals surface area contributed by atoms with Crippen LogP contribution in [0.3, 0.4) is 0 Å². The Morgan fingerprint density at radius 1 is 1.17 bits per heavy atom. The fourth-order valence-corrected chi connectivity index (χ4v) is 2.45. The van der Waals surface area contributed by atoms with Crippen LogP contribution in [0.4, 0.5) is 0 Å². The molecule has 98 valence electrons. The third-order valence-corrected chi connectivity index (χ3v) is 3.96. The smallest absolute Gasteiger partial charge is 0.0510 e. The predicted octanol–water partition coefficient (Wildman–Crippen LogP) is 3.60. The van der Waals surface area contributed by atoms with Gasteiger partial charge in [0.15, 0.2) is 0 Å². The summed E-state index contributed by atoms with van der Waals surface area (Å²) in [6.45, 7) is 9.93. The van der Waals surface area contributed by atoms with Crippen molar-refractivity contribution >= 4 is 10.9 Å². The van der Waals surface area contributed by atoms with Gasteiger partial charge >= 0.3 is 0 Å². The van der Waals surface area contributed by atoms with Crippen molar-refractivity contribution in [2.24, 2.45) is 0 Å². The fourth-order valence-electron chi connectivity index (χ4n) is 2.45. The van der Waals surface area contributed by atoms with Gasteiger partial charge in [-0.25, -0.2) is 0 Å². The van der Waals surface area contributed by atoms with Gasteiger partial charge in [0.25, 0.3) is 0 Å². The highest BCUT2D eigenvalue weighted by Crippen LogP contribution is 2.24. The van der Waals surface area contributed by atoms with Crippen LogP contribution >= 0.6 is 0 Å². The van der Waals surface area contributed by atoms with Crippen LogP contribution in [-0.2, 0) is 6.54 Å². The van der Waals surface area contributed by atoms with Crippen LogP contribution in [0.2, 0.25) is 0 Å². The molecule has 1 aromatic carbocycles. The molecule has 0 N–H and O–H groups in total. The molecule has 0 aliphatic rings. The Morgan fingerprint density at radius 2 is 1.83 bits per heavy atom. The minimum Gasteiger partial charge on any atom is -0.345 e. The van der Waals surface area contributed by atoms with E-state index in [1.165, 1.54) is 22.0 Å². The lowest BCUT2D eigenvalue weighted by molar-refractivity contribution is 0.171. The molecule has 1 heterocycles. The van der Waals surface area contributed by atoms with Crippen molar-refractivity contribution in [2.75, 3.05) is 14.1 Å². The molecule has 0 spiro atoms. The number of nitrogens with zero attached hydrogens (tertiary/aromatic N) is 2. The number of likely N-dealkylation sites (N-methyl/N-ethyl adjacent to an activating group) is 1. The Labute approximate surface area is 110 Å². The molecule has 0 amide bonds. The third-order valence-electron chi connectivity index (χ3n) is 3.96. The first-order chi connectivity index (χ1) is 8.31. The molecular weight excluding hydrogens is 220 g/mol. The Bertz CT molecular complexity index is 562. The van der Waals surface area contributed by atoms with Crippen molar-refractivity contribution in [3.05, 3.63) is 35.5 Å². The minimum atomic E-state index is 0.156. The van der Waals surface area contributed by atoms with E-state index in [4.69, 9.17) is 0 Å². The number of fused-ring (bicyclic) bond motifs is 1. The van der Waals surface area contributed by atoms with Crippen LogP contribution in [0.1, 0.15) is 25.0 Å². The summed E-state index contributed by atoms with van der Waals surface area (Å²) in [6, 6.07) is 6.75. The summed E-state index contributed by atoms with van der Waals surface area (Å²) in [5, 5.41) is 1.35. The van der Waals surface area contributed by atoms with Crippen LogP contribution in [0.25, 0.3) is 10.9 Å². The summed E-state index contributed by atoms with van der Waals surface area (Å²) in [5.41, 5.74) is 4.23. The van der Waals surface area contributed by atoms with Gasteiger partial charge in [-0.2, -0.15) is 0 Å². The molecule has 2 heteroatoms. The molecule has 2 rings (SSSR count). The zero-order chi connectivity index (χ0) is 13.5. The van der Waals surface area contributed by atoms with Crippen LogP contribution in [-0.4, -0.2) is 29.1 Å². The average Bonchev–Trinajstić information content (AvgIpc) is 2.60. The molecule has 1 aromatic heterocycles. The monoisotopic (exact) mass is 244 g/mol. The summed E-state index contributed by atoms with van der Waals surface area (Å²) in [4.78, 5) is 2.28. The number of hydrogen-bond donors (Lipinski definition) is 0. The van der Waals surface area contributed by atoms with E-state index >= 15 is 0 Å². The number of hydrogen-bond acceptors (Lipinski definition) is 1. The van der Waals surface area contributed by atoms with E-state index < -0.39 is 0 Å². The Hall–Kier alpha value is -1.28. The van der Waals surface area contributed by atoms with Gasteiger partial charge in [0.05, 0.1) is 5.52 Å². The van der Waals surface area contributed by atoms with Gasteiger partial charge in [-0.05, 0) is 59.5 Å². The van der Waals surface area contributed by atoms with Gasteiger partial charge in [0.2, 0.25) is 0 Å². The lowest BCUT2D eigenvalue weighted by Crippen LogP contribution is -2.41. The summed E-state index contributed by atoms with van der Waals surface area (Å²) in [5.74, 6) is 0. The lowest BCUT2D eigenvalue weighted by atomic mass is 10.0. The molecule has 0 aliphatic carbocycles. The van der Waals surface area contributed by atoms with Crippen molar-refractivity contribution in [3.63, 3.8) is 0 Å². The summed E-state index contributed by atoms with van der Waals surface area (Å²) < 4.78 is 2.38. The molecule has 0 saturated heterocycles. The van der Waals surface area contributed by atoms with Crippen molar-refractivity contribution in [2.45, 2.75) is 39.8 Å². The third kappa shape index (κ3) is 2.30. The maximum atomic E-state index is 2.38. The molecule has 0 bridgehead atoms. The van der Waals surface area contributed by atoms with Gasteiger partial charge in [-0.3, -0.25) is 0 Å². The average molecular weight is 244 g/mol. The highest BCUT2D eigenvalue weighted by Gasteiger charge is 2.21. The second-order valence-electron chi connectivity index (χ2n) is 6.17. The number of benzene rings is 1. The molecule has 0 unspecified atom stereocenters. The van der Waals surface area contributed by atoms with Crippen molar-refractivity contribution in [1.82, 2.24) is 9.47 Å². The second-order valence-corrected chi connectivity index (χ2v) is 6.17. The van der Waals surface area contributed by atoms with E-state index in [1.807, 2.05) is 0 Å². The largest absolute Gasteiger partial charge is 0.345 e. The Morgan fingerprint density at radius 3 is 2.44 bits per heavy atom. The molecule has 0 fully saturated rings. The van der Waals surface area contributed by atoms with E-state index in [0.717, 1.165) is 6.54 Å². The first-order valence-corrected chi connectivity index (χ1v) is 6.55. The minimum absolute atomic E-state index is 0.156. The molecule has 18 heavy (non-hydrogen) atoms. The van der Waals surface area contributed by atoms with Gasteiger partial charge < -0.3 is 9.47 Å². The normalized spacial score (nSPS) is 12.6. The molecule has 0 saturated carbocycles. The zero-order valence-corrected chi connectivity index (χ0v) is 12.4. The Kier molecular flexibility index (Phi) is 3.24. The maximum Gasteiger partial charge on any atom is 0.0510 e. The van der Waals surface area contributed by atoms with E-state index in [2.05, 4.69) is 75.7 Å². The van der Waals surface area contributed by atoms with Crippen molar-refractivity contribution < 1.29 is 0 Å². The van der Waals surface area contributed by atoms with E-state index in [0.29, 0.717) is 0 Å². The van der Waals surface area contributed by atoms with E-state index in [9.17, 15) is 0 Å².